The summed E-state index contributed by atoms with van der Waals surface area (Å²) >= 11 is 0. The predicted molar refractivity (Wildman–Crippen MR) is 134 cm³/mol. The molecule has 1 heterocycles. The first-order chi connectivity index (χ1) is 17.9. The molecule has 0 bridgehead atoms. The van der Waals surface area contributed by atoms with E-state index in [9.17, 15) is 19.7 Å². The van der Waals surface area contributed by atoms with Gasteiger partial charge in [0, 0.05) is 23.8 Å². The maximum atomic E-state index is 12.3. The molecule has 10 nitrogen and oxygen atoms in total. The third kappa shape index (κ3) is 6.06. The number of nitrogens with zero attached hydrogens (tertiary/aromatic N) is 2. The molecule has 4 rings (SSSR count). The Morgan fingerprint density at radius 3 is 2.43 bits per heavy atom. The van der Waals surface area contributed by atoms with Gasteiger partial charge in [-0.1, -0.05) is 12.1 Å². The number of hydrogen-bond acceptors (Lipinski definition) is 9. The summed E-state index contributed by atoms with van der Waals surface area (Å²) in [5.74, 6) is -0.0932. The Balaban J connectivity index is 1.48. The molecule has 0 saturated carbocycles. The first kappa shape index (κ1) is 24.9. The van der Waals surface area contributed by atoms with Gasteiger partial charge in [-0.25, -0.2) is 14.6 Å². The van der Waals surface area contributed by atoms with E-state index in [1.165, 1.54) is 62.8 Å². The number of non-ortho nitro benzene ring substituents is 1. The molecule has 3 aromatic rings. The molecule has 0 spiro atoms. The smallest absolute Gasteiger partial charge is 0.363 e. The summed E-state index contributed by atoms with van der Waals surface area (Å²) in [6, 6.07) is 17.4. The highest BCUT2D eigenvalue weighted by Gasteiger charge is 2.24. The molecule has 37 heavy (non-hydrogen) atoms. The number of carbonyl (C=O) groups is 2. The van der Waals surface area contributed by atoms with Crippen LogP contribution in [0, 0.1) is 10.1 Å². The van der Waals surface area contributed by atoms with Crippen molar-refractivity contribution in [2.45, 2.75) is 0 Å². The molecule has 0 amide bonds. The van der Waals surface area contributed by atoms with E-state index >= 15 is 0 Å². The standard InChI is InChI=1S/C27H20N2O8/c1-34-21-5-3-4-19(16-21)26-28-22(27(31)37-26)14-18-8-12-23(24(15-18)35-2)36-25(30)13-9-17-6-10-20(11-7-17)29(32)33/h3-16H,1-2H3/b13-9+,22-14-. The van der Waals surface area contributed by atoms with Crippen molar-refractivity contribution in [1.82, 2.24) is 0 Å². The van der Waals surface area contributed by atoms with Crippen LogP contribution in [0.25, 0.3) is 12.2 Å². The molecule has 186 valence electrons. The summed E-state index contributed by atoms with van der Waals surface area (Å²) in [5.41, 5.74) is 1.80. The van der Waals surface area contributed by atoms with Crippen molar-refractivity contribution in [2.75, 3.05) is 14.2 Å². The lowest BCUT2D eigenvalue weighted by Gasteiger charge is -2.08. The van der Waals surface area contributed by atoms with Gasteiger partial charge in [0.15, 0.2) is 17.2 Å². The molecule has 0 aromatic heterocycles. The first-order valence-corrected chi connectivity index (χ1v) is 10.9. The summed E-state index contributed by atoms with van der Waals surface area (Å²) in [6.45, 7) is 0. The Morgan fingerprint density at radius 2 is 1.73 bits per heavy atom. The number of nitro benzene ring substituents is 1. The highest BCUT2D eigenvalue weighted by Crippen LogP contribution is 2.30. The summed E-state index contributed by atoms with van der Waals surface area (Å²) in [4.78, 5) is 39.1. The normalized spacial score (nSPS) is 13.8. The van der Waals surface area contributed by atoms with Gasteiger partial charge < -0.3 is 18.9 Å². The molecule has 0 radical (unpaired) electrons. The van der Waals surface area contributed by atoms with Crippen molar-refractivity contribution in [2.24, 2.45) is 4.99 Å². The van der Waals surface area contributed by atoms with Crippen molar-refractivity contribution < 1.29 is 33.5 Å². The summed E-state index contributed by atoms with van der Waals surface area (Å²) < 4.78 is 21.2. The number of nitro groups is 1. The molecule has 0 N–H and O–H groups in total. The monoisotopic (exact) mass is 500 g/mol. The second-order valence-corrected chi connectivity index (χ2v) is 7.58. The van der Waals surface area contributed by atoms with Crippen molar-refractivity contribution in [3.63, 3.8) is 0 Å². The molecule has 0 fully saturated rings. The fourth-order valence-electron chi connectivity index (χ4n) is 3.32. The zero-order chi connectivity index (χ0) is 26.4. The predicted octanol–water partition coefficient (Wildman–Crippen LogP) is 4.58. The van der Waals surface area contributed by atoms with Gasteiger partial charge in [0.1, 0.15) is 5.75 Å². The van der Waals surface area contributed by atoms with Gasteiger partial charge in [-0.3, -0.25) is 10.1 Å². The fraction of sp³-hybridized carbons (Fsp3) is 0.0741. The molecular formula is C27H20N2O8. The van der Waals surface area contributed by atoms with Crippen LogP contribution >= 0.6 is 0 Å². The van der Waals surface area contributed by atoms with Gasteiger partial charge in [-0.15, -0.1) is 0 Å². The number of aliphatic imine (C=N–C) groups is 1. The van der Waals surface area contributed by atoms with Crippen LogP contribution in [0.3, 0.4) is 0 Å². The SMILES string of the molecule is COc1cccc(C2=N/C(=C\c3ccc(OC(=O)/C=C/c4ccc([N+](=O)[O-])cc4)c(OC)c3)C(=O)O2)c1. The molecule has 0 aliphatic carbocycles. The highest BCUT2D eigenvalue weighted by molar-refractivity contribution is 6.13. The highest BCUT2D eigenvalue weighted by atomic mass is 16.6. The molecule has 1 aliphatic heterocycles. The maximum Gasteiger partial charge on any atom is 0.363 e. The van der Waals surface area contributed by atoms with Crippen LogP contribution in [0.5, 0.6) is 17.2 Å². The first-order valence-electron chi connectivity index (χ1n) is 10.9. The Bertz CT molecular complexity index is 1460. The van der Waals surface area contributed by atoms with Crippen molar-refractivity contribution in [3.05, 3.63) is 105 Å². The second-order valence-electron chi connectivity index (χ2n) is 7.58. The lowest BCUT2D eigenvalue weighted by molar-refractivity contribution is -0.384. The van der Waals surface area contributed by atoms with Gasteiger partial charge in [0.2, 0.25) is 5.90 Å². The van der Waals surface area contributed by atoms with E-state index in [2.05, 4.69) is 4.99 Å². The van der Waals surface area contributed by atoms with Gasteiger partial charge in [-0.05, 0) is 65.7 Å². The van der Waals surface area contributed by atoms with E-state index in [0.717, 1.165) is 0 Å². The summed E-state index contributed by atoms with van der Waals surface area (Å²) in [5, 5.41) is 10.7. The number of cyclic esters (lactones) is 1. The van der Waals surface area contributed by atoms with E-state index in [4.69, 9.17) is 18.9 Å². The molecular weight excluding hydrogens is 480 g/mol. The number of carbonyl (C=O) groups excluding carboxylic acids is 2. The molecule has 0 saturated heterocycles. The summed E-state index contributed by atoms with van der Waals surface area (Å²) in [6.07, 6.45) is 4.19. The number of esters is 2. The maximum absolute atomic E-state index is 12.3. The van der Waals surface area contributed by atoms with Crippen LogP contribution in [-0.4, -0.2) is 37.0 Å². The minimum absolute atomic E-state index is 0.0485. The van der Waals surface area contributed by atoms with Crippen molar-refractivity contribution in [3.8, 4) is 17.2 Å². The van der Waals surface area contributed by atoms with Gasteiger partial charge in [-0.2, -0.15) is 0 Å². The van der Waals surface area contributed by atoms with Crippen LogP contribution in [0.1, 0.15) is 16.7 Å². The largest absolute Gasteiger partial charge is 0.497 e. The number of benzene rings is 3. The number of hydrogen-bond donors (Lipinski definition) is 0. The van der Waals surface area contributed by atoms with Crippen molar-refractivity contribution >= 4 is 35.7 Å². The fourth-order valence-corrected chi connectivity index (χ4v) is 3.32. The summed E-state index contributed by atoms with van der Waals surface area (Å²) in [7, 11) is 2.95. The topological polar surface area (TPSA) is 127 Å². The third-order valence-corrected chi connectivity index (χ3v) is 5.15. The van der Waals surface area contributed by atoms with Gasteiger partial charge >= 0.3 is 11.9 Å². The Labute approximate surface area is 211 Å². The van der Waals surface area contributed by atoms with Crippen LogP contribution in [-0.2, 0) is 14.3 Å². The van der Waals surface area contributed by atoms with E-state index in [1.807, 2.05) is 0 Å². The number of methoxy groups -OCH3 is 2. The molecule has 3 aromatic carbocycles. The van der Waals surface area contributed by atoms with Crippen LogP contribution in [0.4, 0.5) is 5.69 Å². The average Bonchev–Trinajstić information content (AvgIpc) is 3.28. The van der Waals surface area contributed by atoms with E-state index in [1.54, 1.807) is 36.4 Å². The third-order valence-electron chi connectivity index (χ3n) is 5.15. The lowest BCUT2D eigenvalue weighted by atomic mass is 10.1. The van der Waals surface area contributed by atoms with E-state index in [-0.39, 0.29) is 28.8 Å². The zero-order valence-corrected chi connectivity index (χ0v) is 19.7. The minimum atomic E-state index is -0.672. The average molecular weight is 500 g/mol. The lowest BCUT2D eigenvalue weighted by Crippen LogP contribution is -2.05. The van der Waals surface area contributed by atoms with Gasteiger partial charge in [0.25, 0.3) is 5.69 Å². The Kier molecular flexibility index (Phi) is 7.39. The molecule has 1 aliphatic rings. The second kappa shape index (κ2) is 11.0. The molecule has 0 atom stereocenters. The zero-order valence-electron chi connectivity index (χ0n) is 19.7. The Hall–Kier alpha value is -5.25. The van der Waals surface area contributed by atoms with Crippen LogP contribution in [0.2, 0.25) is 0 Å². The quantitative estimate of drug-likeness (QED) is 0.145. The van der Waals surface area contributed by atoms with E-state index in [0.29, 0.717) is 22.4 Å². The molecule has 10 heteroatoms. The van der Waals surface area contributed by atoms with Crippen molar-refractivity contribution in [1.29, 1.82) is 0 Å². The van der Waals surface area contributed by atoms with Gasteiger partial charge in [0.05, 0.1) is 19.1 Å². The van der Waals surface area contributed by atoms with Crippen LogP contribution < -0.4 is 14.2 Å². The van der Waals surface area contributed by atoms with Crippen LogP contribution in [0.15, 0.2) is 83.5 Å². The van der Waals surface area contributed by atoms with E-state index < -0.39 is 16.9 Å². The number of rotatable bonds is 8. The molecule has 0 unspecified atom stereocenters. The number of ether oxygens (including phenoxy) is 4. The minimum Gasteiger partial charge on any atom is -0.497 e. The Morgan fingerprint density at radius 1 is 0.973 bits per heavy atom.